The van der Waals surface area contributed by atoms with E-state index in [9.17, 15) is 4.79 Å². The average molecular weight is 377 g/mol. The lowest BCUT2D eigenvalue weighted by atomic mass is 9.64. The fraction of sp³-hybridized carbons (Fsp3) is 0.522. The fourth-order valence-corrected chi connectivity index (χ4v) is 6.34. The molecular formula is C23H28N4O. The third-order valence-electron chi connectivity index (χ3n) is 7.56. The quantitative estimate of drug-likeness (QED) is 0.826. The lowest BCUT2D eigenvalue weighted by molar-refractivity contribution is -0.0119. The number of hydrogen-bond donors (Lipinski definition) is 0. The Morgan fingerprint density at radius 1 is 1.11 bits per heavy atom. The predicted octanol–water partition coefficient (Wildman–Crippen LogP) is 3.18. The number of fused-ring (bicyclic) bond motifs is 1. The number of carbonyl (C=O) groups is 1. The van der Waals surface area contributed by atoms with Gasteiger partial charge in [-0.25, -0.2) is 9.97 Å². The maximum atomic E-state index is 13.7. The number of carbonyl (C=O) groups excluding carboxylic acids is 1. The normalized spacial score (nSPS) is 34.4. The van der Waals surface area contributed by atoms with E-state index < -0.39 is 0 Å². The molecule has 2 aromatic rings. The highest BCUT2D eigenvalue weighted by atomic mass is 16.2. The van der Waals surface area contributed by atoms with Crippen molar-refractivity contribution in [1.82, 2.24) is 19.8 Å². The molecule has 0 unspecified atom stereocenters. The average Bonchev–Trinajstić information content (AvgIpc) is 3.00. The van der Waals surface area contributed by atoms with E-state index in [1.165, 1.54) is 24.8 Å². The molecule has 5 atom stereocenters. The molecule has 3 aliphatic rings. The summed E-state index contributed by atoms with van der Waals surface area (Å²) in [5.41, 5.74) is 1.45. The molecule has 3 heterocycles. The zero-order valence-electron chi connectivity index (χ0n) is 16.7. The monoisotopic (exact) mass is 376 g/mol. The summed E-state index contributed by atoms with van der Waals surface area (Å²) in [6.07, 6.45) is 8.90. The molecule has 0 radical (unpaired) electrons. The number of likely N-dealkylation sites (N-methyl/N-ethyl adjacent to an activating group) is 1. The minimum atomic E-state index is -0.00148. The Labute approximate surface area is 166 Å². The molecule has 28 heavy (non-hydrogen) atoms. The first-order valence-corrected chi connectivity index (χ1v) is 10.4. The fourth-order valence-electron chi connectivity index (χ4n) is 6.34. The van der Waals surface area contributed by atoms with Gasteiger partial charge >= 0.3 is 0 Å². The summed E-state index contributed by atoms with van der Waals surface area (Å²) in [6.45, 7) is 2.41. The molecule has 1 aliphatic carbocycles. The molecule has 146 valence electrons. The van der Waals surface area contributed by atoms with E-state index in [4.69, 9.17) is 0 Å². The Morgan fingerprint density at radius 2 is 1.82 bits per heavy atom. The summed E-state index contributed by atoms with van der Waals surface area (Å²) in [5.74, 6) is 0.327. The zero-order valence-corrected chi connectivity index (χ0v) is 16.7. The maximum Gasteiger partial charge on any atom is 0.292 e. The van der Waals surface area contributed by atoms with E-state index >= 15 is 0 Å². The Balaban J connectivity index is 1.58. The van der Waals surface area contributed by atoms with Crippen molar-refractivity contribution in [3.05, 3.63) is 60.2 Å². The van der Waals surface area contributed by atoms with Gasteiger partial charge in [-0.2, -0.15) is 0 Å². The van der Waals surface area contributed by atoms with Gasteiger partial charge in [-0.05, 0) is 50.8 Å². The maximum absolute atomic E-state index is 13.7. The van der Waals surface area contributed by atoms with Crippen LogP contribution in [0.25, 0.3) is 0 Å². The molecule has 2 saturated heterocycles. The third-order valence-corrected chi connectivity index (χ3v) is 7.56. The highest BCUT2D eigenvalue weighted by Crippen LogP contribution is 2.56. The number of piperidine rings is 1. The largest absolute Gasteiger partial charge is 0.327 e. The lowest BCUT2D eigenvalue weighted by Crippen LogP contribution is -2.62. The van der Waals surface area contributed by atoms with Gasteiger partial charge in [-0.3, -0.25) is 9.69 Å². The van der Waals surface area contributed by atoms with Crippen molar-refractivity contribution >= 4 is 5.91 Å². The van der Waals surface area contributed by atoms with Crippen molar-refractivity contribution < 1.29 is 4.79 Å². The van der Waals surface area contributed by atoms with Crippen LogP contribution in [0.1, 0.15) is 48.8 Å². The van der Waals surface area contributed by atoms with Crippen LogP contribution < -0.4 is 0 Å². The summed E-state index contributed by atoms with van der Waals surface area (Å²) in [7, 11) is 2.27. The minimum absolute atomic E-state index is 0.00148. The standard InChI is InChI=1S/C23H28N4O/c1-23-15-18-17(14-16-8-4-3-5-9-16)27(22(28)21-24-12-7-13-25-21)20(23)11-6-10-19(23)26(18)2/h3-5,7-9,12-13,17-20H,6,10-11,14-15H2,1-2H3/t17-,18+,19+,20-,23+/m1/s1. The first kappa shape index (κ1) is 17.8. The highest BCUT2D eigenvalue weighted by Gasteiger charge is 2.62. The molecule has 2 bridgehead atoms. The molecular weight excluding hydrogens is 348 g/mol. The van der Waals surface area contributed by atoms with Gasteiger partial charge in [-0.1, -0.05) is 37.3 Å². The summed E-state index contributed by atoms with van der Waals surface area (Å²) in [5, 5.41) is 0. The number of likely N-dealkylation sites (tertiary alicyclic amines) is 2. The minimum Gasteiger partial charge on any atom is -0.327 e. The molecule has 1 aromatic carbocycles. The third kappa shape index (κ3) is 2.60. The summed E-state index contributed by atoms with van der Waals surface area (Å²) < 4.78 is 0. The lowest BCUT2D eigenvalue weighted by Gasteiger charge is -2.53. The van der Waals surface area contributed by atoms with Crippen LogP contribution in [0.4, 0.5) is 0 Å². The van der Waals surface area contributed by atoms with Crippen molar-refractivity contribution in [1.29, 1.82) is 0 Å². The Bertz CT molecular complexity index is 857. The Hall–Kier alpha value is -2.27. The van der Waals surface area contributed by atoms with Crippen LogP contribution in [0.15, 0.2) is 48.8 Å². The molecule has 1 saturated carbocycles. The summed E-state index contributed by atoms with van der Waals surface area (Å²) >= 11 is 0. The molecule has 3 fully saturated rings. The van der Waals surface area contributed by atoms with E-state index in [2.05, 4.69) is 64.1 Å². The topological polar surface area (TPSA) is 49.3 Å². The Morgan fingerprint density at radius 3 is 2.57 bits per heavy atom. The van der Waals surface area contributed by atoms with Crippen molar-refractivity contribution in [2.24, 2.45) is 5.41 Å². The second kappa shape index (κ2) is 6.66. The number of hydrogen-bond acceptors (Lipinski definition) is 4. The van der Waals surface area contributed by atoms with E-state index in [-0.39, 0.29) is 23.4 Å². The van der Waals surface area contributed by atoms with Crippen LogP contribution in [0.3, 0.4) is 0 Å². The van der Waals surface area contributed by atoms with E-state index in [0.29, 0.717) is 17.9 Å². The van der Waals surface area contributed by atoms with Gasteiger partial charge in [0, 0.05) is 35.9 Å². The first-order chi connectivity index (χ1) is 13.6. The first-order valence-electron chi connectivity index (χ1n) is 10.4. The van der Waals surface area contributed by atoms with Crippen molar-refractivity contribution in [3.8, 4) is 0 Å². The van der Waals surface area contributed by atoms with Crippen LogP contribution in [-0.4, -0.2) is 56.9 Å². The Kier molecular flexibility index (Phi) is 4.23. The van der Waals surface area contributed by atoms with Gasteiger partial charge in [0.1, 0.15) is 0 Å². The van der Waals surface area contributed by atoms with Crippen LogP contribution in [0, 0.1) is 5.41 Å². The van der Waals surface area contributed by atoms with Crippen LogP contribution >= 0.6 is 0 Å². The number of aromatic nitrogens is 2. The zero-order chi connectivity index (χ0) is 19.3. The molecule has 0 N–H and O–H groups in total. The van der Waals surface area contributed by atoms with Gasteiger partial charge in [0.15, 0.2) is 0 Å². The highest BCUT2D eigenvalue weighted by molar-refractivity contribution is 5.91. The molecule has 1 amide bonds. The van der Waals surface area contributed by atoms with E-state index in [0.717, 1.165) is 12.8 Å². The van der Waals surface area contributed by atoms with Gasteiger partial charge in [0.05, 0.1) is 6.04 Å². The van der Waals surface area contributed by atoms with Crippen LogP contribution in [-0.2, 0) is 6.42 Å². The van der Waals surface area contributed by atoms with Crippen LogP contribution in [0.5, 0.6) is 0 Å². The molecule has 0 spiro atoms. The number of nitrogens with zero attached hydrogens (tertiary/aromatic N) is 4. The van der Waals surface area contributed by atoms with E-state index in [1.807, 2.05) is 0 Å². The molecule has 1 aromatic heterocycles. The van der Waals surface area contributed by atoms with Gasteiger partial charge in [0.25, 0.3) is 5.91 Å². The molecule has 5 nitrogen and oxygen atoms in total. The van der Waals surface area contributed by atoms with Gasteiger partial charge in [-0.15, -0.1) is 0 Å². The number of benzene rings is 1. The predicted molar refractivity (Wildman–Crippen MR) is 108 cm³/mol. The van der Waals surface area contributed by atoms with Gasteiger partial charge < -0.3 is 4.90 Å². The molecule has 5 heteroatoms. The SMILES string of the molecule is CN1[C@H]2CCC[C@H]3N(C(=O)c4ncccn4)[C@H](Cc4ccccc4)[C@@H]1C[C@@]23C. The second-order valence-corrected chi connectivity index (χ2v) is 8.95. The number of rotatable bonds is 3. The smallest absolute Gasteiger partial charge is 0.292 e. The summed E-state index contributed by atoms with van der Waals surface area (Å²) in [4.78, 5) is 27.0. The van der Waals surface area contributed by atoms with Crippen molar-refractivity contribution in [3.63, 3.8) is 0 Å². The molecule has 2 aliphatic heterocycles. The van der Waals surface area contributed by atoms with Gasteiger partial charge in [0.2, 0.25) is 5.82 Å². The van der Waals surface area contributed by atoms with E-state index in [1.54, 1.807) is 18.5 Å². The summed E-state index contributed by atoms with van der Waals surface area (Å²) in [6, 6.07) is 13.7. The molecule has 5 rings (SSSR count). The van der Waals surface area contributed by atoms with Crippen LogP contribution in [0.2, 0.25) is 0 Å². The van der Waals surface area contributed by atoms with Crippen molar-refractivity contribution in [2.45, 2.75) is 63.2 Å². The van der Waals surface area contributed by atoms with Crippen molar-refractivity contribution in [2.75, 3.05) is 7.05 Å². The number of amides is 1. The second-order valence-electron chi connectivity index (χ2n) is 8.95.